The zero-order chi connectivity index (χ0) is 19.2. The summed E-state index contributed by atoms with van der Waals surface area (Å²) >= 11 is 0. The maximum Gasteiger partial charge on any atom is 0.255 e. The quantitative estimate of drug-likeness (QED) is 0.820. The molecule has 1 aliphatic rings. The molecule has 2 aromatic rings. The summed E-state index contributed by atoms with van der Waals surface area (Å²) in [6.07, 6.45) is 5.35. The molecule has 2 atom stereocenters. The molecule has 0 radical (unpaired) electrons. The van der Waals surface area contributed by atoms with Gasteiger partial charge in [-0.05, 0) is 56.0 Å². The first-order chi connectivity index (χ1) is 13.0. The van der Waals surface area contributed by atoms with Crippen molar-refractivity contribution in [3.05, 3.63) is 54.0 Å². The Morgan fingerprint density at radius 3 is 2.70 bits per heavy atom. The minimum atomic E-state index is -0.651. The van der Waals surface area contributed by atoms with Crippen LogP contribution in [0.25, 0.3) is 0 Å². The molecule has 2 N–H and O–H groups in total. The number of hydrogen-bond acceptors (Lipinski definition) is 4. The molecule has 1 aromatic heterocycles. The molecular formula is C21H27N3O3. The first-order valence-corrected chi connectivity index (χ1v) is 9.46. The Morgan fingerprint density at radius 1 is 1.26 bits per heavy atom. The van der Waals surface area contributed by atoms with Crippen LogP contribution in [0.3, 0.4) is 0 Å². The van der Waals surface area contributed by atoms with Crippen molar-refractivity contribution in [3.8, 4) is 0 Å². The summed E-state index contributed by atoms with van der Waals surface area (Å²) in [6.45, 7) is 7.19. The summed E-state index contributed by atoms with van der Waals surface area (Å²) in [7, 11) is 0. The number of hydrogen-bond donors (Lipinski definition) is 2. The van der Waals surface area contributed by atoms with Gasteiger partial charge in [-0.3, -0.25) is 14.5 Å². The lowest BCUT2D eigenvalue weighted by Gasteiger charge is -2.30. The first-order valence-electron chi connectivity index (χ1n) is 9.46. The van der Waals surface area contributed by atoms with Crippen molar-refractivity contribution in [2.24, 2.45) is 5.92 Å². The highest BCUT2D eigenvalue weighted by Gasteiger charge is 2.18. The van der Waals surface area contributed by atoms with Crippen molar-refractivity contribution >= 4 is 17.5 Å². The molecule has 1 aliphatic heterocycles. The topological polar surface area (TPSA) is 74.6 Å². The van der Waals surface area contributed by atoms with Crippen LogP contribution in [-0.2, 0) is 11.3 Å². The molecule has 3 rings (SSSR count). The van der Waals surface area contributed by atoms with Crippen LogP contribution in [0.1, 0.15) is 42.6 Å². The number of amides is 2. The van der Waals surface area contributed by atoms with E-state index in [0.717, 1.165) is 31.2 Å². The number of likely N-dealkylation sites (tertiary alicyclic amines) is 1. The standard InChI is InChI=1S/C21H27N3O3/c1-15-4-3-10-24(12-15)13-17-5-7-19(8-6-17)23-20(25)16(2)22-21(26)18-9-11-27-14-18/h5-9,11,14-16H,3-4,10,12-13H2,1-2H3,(H,22,26)(H,23,25)/t15-,16+/m1/s1. The number of benzene rings is 1. The molecule has 1 saturated heterocycles. The minimum Gasteiger partial charge on any atom is -0.472 e. The molecule has 1 fully saturated rings. The van der Waals surface area contributed by atoms with Crippen molar-refractivity contribution in [2.75, 3.05) is 18.4 Å². The van der Waals surface area contributed by atoms with E-state index in [1.807, 2.05) is 24.3 Å². The van der Waals surface area contributed by atoms with Crippen LogP contribution < -0.4 is 10.6 Å². The van der Waals surface area contributed by atoms with Crippen molar-refractivity contribution in [1.29, 1.82) is 0 Å². The van der Waals surface area contributed by atoms with E-state index in [4.69, 9.17) is 4.42 Å². The van der Waals surface area contributed by atoms with Crippen molar-refractivity contribution < 1.29 is 14.0 Å². The Labute approximate surface area is 159 Å². The van der Waals surface area contributed by atoms with Gasteiger partial charge in [0.05, 0.1) is 11.8 Å². The SMILES string of the molecule is C[C@@H]1CCCN(Cc2ccc(NC(=O)[C@H](C)NC(=O)c3ccoc3)cc2)C1. The Morgan fingerprint density at radius 2 is 2.04 bits per heavy atom. The van der Waals surface area contributed by atoms with E-state index in [9.17, 15) is 9.59 Å². The fraction of sp³-hybridized carbons (Fsp3) is 0.429. The van der Waals surface area contributed by atoms with Crippen LogP contribution in [-0.4, -0.2) is 35.8 Å². The van der Waals surface area contributed by atoms with Crippen LogP contribution in [0.5, 0.6) is 0 Å². The van der Waals surface area contributed by atoms with Gasteiger partial charge in [0.1, 0.15) is 12.3 Å². The zero-order valence-electron chi connectivity index (χ0n) is 15.9. The predicted octanol–water partition coefficient (Wildman–Crippen LogP) is 3.27. The number of carbonyl (C=O) groups excluding carboxylic acids is 2. The Hall–Kier alpha value is -2.60. The van der Waals surface area contributed by atoms with Crippen LogP contribution in [0.4, 0.5) is 5.69 Å². The summed E-state index contributed by atoms with van der Waals surface area (Å²) in [5.41, 5.74) is 2.36. The second-order valence-electron chi connectivity index (χ2n) is 7.38. The predicted molar refractivity (Wildman–Crippen MR) is 104 cm³/mol. The van der Waals surface area contributed by atoms with Gasteiger partial charge < -0.3 is 15.1 Å². The largest absolute Gasteiger partial charge is 0.472 e. The third-order valence-corrected chi connectivity index (χ3v) is 4.89. The molecule has 0 bridgehead atoms. The molecular weight excluding hydrogens is 342 g/mol. The highest BCUT2D eigenvalue weighted by atomic mass is 16.3. The second-order valence-corrected chi connectivity index (χ2v) is 7.38. The number of piperidine rings is 1. The number of furan rings is 1. The number of carbonyl (C=O) groups is 2. The maximum absolute atomic E-state index is 12.3. The fourth-order valence-corrected chi connectivity index (χ4v) is 3.37. The van der Waals surface area contributed by atoms with Crippen molar-refractivity contribution in [1.82, 2.24) is 10.2 Å². The third kappa shape index (κ3) is 5.44. The van der Waals surface area contributed by atoms with E-state index >= 15 is 0 Å². The lowest BCUT2D eigenvalue weighted by molar-refractivity contribution is -0.117. The number of nitrogens with zero attached hydrogens (tertiary/aromatic N) is 1. The van der Waals surface area contributed by atoms with E-state index < -0.39 is 6.04 Å². The number of nitrogens with one attached hydrogen (secondary N) is 2. The van der Waals surface area contributed by atoms with E-state index in [-0.39, 0.29) is 11.8 Å². The molecule has 0 saturated carbocycles. The van der Waals surface area contributed by atoms with Gasteiger partial charge in [-0.2, -0.15) is 0 Å². The highest BCUT2D eigenvalue weighted by Crippen LogP contribution is 2.19. The van der Waals surface area contributed by atoms with Gasteiger partial charge in [-0.25, -0.2) is 0 Å². The summed E-state index contributed by atoms with van der Waals surface area (Å²) in [5, 5.41) is 5.49. The molecule has 0 aliphatic carbocycles. The van der Waals surface area contributed by atoms with Crippen LogP contribution >= 0.6 is 0 Å². The fourth-order valence-electron chi connectivity index (χ4n) is 3.37. The van der Waals surface area contributed by atoms with Gasteiger partial charge in [-0.15, -0.1) is 0 Å². The Bertz CT molecular complexity index is 755. The van der Waals surface area contributed by atoms with E-state index in [2.05, 4.69) is 22.5 Å². The van der Waals surface area contributed by atoms with Gasteiger partial charge >= 0.3 is 0 Å². The van der Waals surface area contributed by atoms with Crippen molar-refractivity contribution in [3.63, 3.8) is 0 Å². The second kappa shape index (κ2) is 8.86. The van der Waals surface area contributed by atoms with E-state index in [1.54, 1.807) is 13.0 Å². The van der Waals surface area contributed by atoms with Crippen LogP contribution in [0.15, 0.2) is 47.3 Å². The summed E-state index contributed by atoms with van der Waals surface area (Å²) < 4.78 is 4.88. The molecule has 6 nitrogen and oxygen atoms in total. The third-order valence-electron chi connectivity index (χ3n) is 4.89. The Kier molecular flexibility index (Phi) is 6.29. The van der Waals surface area contributed by atoms with Gasteiger partial charge in [0.15, 0.2) is 0 Å². The van der Waals surface area contributed by atoms with Gasteiger partial charge in [0.25, 0.3) is 5.91 Å². The molecule has 0 spiro atoms. The smallest absolute Gasteiger partial charge is 0.255 e. The van der Waals surface area contributed by atoms with Crippen LogP contribution in [0.2, 0.25) is 0 Å². The zero-order valence-corrected chi connectivity index (χ0v) is 15.9. The monoisotopic (exact) mass is 369 g/mol. The molecule has 2 heterocycles. The average Bonchev–Trinajstić information content (AvgIpc) is 3.18. The molecule has 2 amide bonds. The summed E-state index contributed by atoms with van der Waals surface area (Å²) in [5.74, 6) is 0.165. The first kappa shape index (κ1) is 19.2. The lowest BCUT2D eigenvalue weighted by Crippen LogP contribution is -2.41. The number of anilines is 1. The molecule has 144 valence electrons. The maximum atomic E-state index is 12.3. The minimum absolute atomic E-state index is 0.260. The normalized spacial score (nSPS) is 18.7. The van der Waals surface area contributed by atoms with Gasteiger partial charge in [0, 0.05) is 18.8 Å². The van der Waals surface area contributed by atoms with Gasteiger partial charge in [0.2, 0.25) is 5.91 Å². The molecule has 6 heteroatoms. The van der Waals surface area contributed by atoms with Crippen molar-refractivity contribution in [2.45, 2.75) is 39.3 Å². The van der Waals surface area contributed by atoms with Crippen LogP contribution in [0, 0.1) is 5.92 Å². The van der Waals surface area contributed by atoms with E-state index in [1.165, 1.54) is 30.9 Å². The molecule has 1 aromatic carbocycles. The average molecular weight is 369 g/mol. The Balaban J connectivity index is 1.49. The summed E-state index contributed by atoms with van der Waals surface area (Å²) in [6, 6.07) is 8.81. The van der Waals surface area contributed by atoms with E-state index in [0.29, 0.717) is 5.56 Å². The highest BCUT2D eigenvalue weighted by molar-refractivity contribution is 6.00. The van der Waals surface area contributed by atoms with Gasteiger partial charge in [-0.1, -0.05) is 19.1 Å². The molecule has 0 unspecified atom stereocenters. The summed E-state index contributed by atoms with van der Waals surface area (Å²) in [4.78, 5) is 26.8. The number of rotatable bonds is 6. The lowest BCUT2D eigenvalue weighted by atomic mass is 10.00. The molecule has 27 heavy (non-hydrogen) atoms.